The summed E-state index contributed by atoms with van der Waals surface area (Å²) in [6, 6.07) is 4.99. The lowest BCUT2D eigenvalue weighted by molar-refractivity contribution is 0.407. The van der Waals surface area contributed by atoms with Crippen LogP contribution in [0, 0.1) is 5.82 Å². The van der Waals surface area contributed by atoms with Gasteiger partial charge in [-0.05, 0) is 49.5 Å². The molecule has 1 N–H and O–H groups in total. The Morgan fingerprint density at radius 1 is 1.27 bits per heavy atom. The molecule has 0 aliphatic carbocycles. The molecule has 1 fully saturated rings. The third-order valence-corrected chi connectivity index (χ3v) is 2.94. The number of benzene rings is 1. The molecule has 0 atom stereocenters. The van der Waals surface area contributed by atoms with Crippen molar-refractivity contribution in [1.82, 2.24) is 5.32 Å². The largest absolute Gasteiger partial charge is 0.497 e. The molecule has 1 aromatic carbocycles. The highest BCUT2D eigenvalue weighted by atomic mass is 19.1. The smallest absolute Gasteiger partial charge is 0.127 e. The molecule has 0 radical (unpaired) electrons. The van der Waals surface area contributed by atoms with Crippen LogP contribution in [0.5, 0.6) is 5.75 Å². The SMILES string of the molecule is COc1cc(F)cc(C2CCNCC2)c1. The normalized spacial score (nSPS) is 17.7. The summed E-state index contributed by atoms with van der Waals surface area (Å²) in [5.74, 6) is 0.877. The highest BCUT2D eigenvalue weighted by molar-refractivity contribution is 5.32. The molecule has 3 heteroatoms. The van der Waals surface area contributed by atoms with E-state index in [0.29, 0.717) is 11.7 Å². The van der Waals surface area contributed by atoms with Crippen LogP contribution >= 0.6 is 0 Å². The second kappa shape index (κ2) is 4.62. The van der Waals surface area contributed by atoms with Crippen LogP contribution < -0.4 is 10.1 Å². The van der Waals surface area contributed by atoms with E-state index in [1.165, 1.54) is 6.07 Å². The monoisotopic (exact) mass is 209 g/mol. The van der Waals surface area contributed by atoms with Crippen molar-refractivity contribution in [3.05, 3.63) is 29.6 Å². The summed E-state index contributed by atoms with van der Waals surface area (Å²) in [5.41, 5.74) is 1.06. The molecule has 1 heterocycles. The number of hydrogen-bond donors (Lipinski definition) is 1. The first-order valence-electron chi connectivity index (χ1n) is 5.35. The van der Waals surface area contributed by atoms with Crippen molar-refractivity contribution in [3.8, 4) is 5.75 Å². The molecule has 0 spiro atoms. The van der Waals surface area contributed by atoms with E-state index in [1.54, 1.807) is 13.2 Å². The summed E-state index contributed by atoms with van der Waals surface area (Å²) in [7, 11) is 1.57. The van der Waals surface area contributed by atoms with Crippen molar-refractivity contribution < 1.29 is 9.13 Å². The molecule has 0 amide bonds. The van der Waals surface area contributed by atoms with Crippen molar-refractivity contribution in [1.29, 1.82) is 0 Å². The van der Waals surface area contributed by atoms with Crippen molar-refractivity contribution in [2.75, 3.05) is 20.2 Å². The average molecular weight is 209 g/mol. The van der Waals surface area contributed by atoms with Gasteiger partial charge in [0.1, 0.15) is 11.6 Å². The molecule has 1 aliphatic rings. The van der Waals surface area contributed by atoms with Crippen LogP contribution in [0.1, 0.15) is 24.3 Å². The molecule has 0 saturated carbocycles. The van der Waals surface area contributed by atoms with E-state index in [4.69, 9.17) is 4.74 Å². The highest BCUT2D eigenvalue weighted by Gasteiger charge is 2.16. The number of methoxy groups -OCH3 is 1. The van der Waals surface area contributed by atoms with Gasteiger partial charge in [0.05, 0.1) is 7.11 Å². The average Bonchev–Trinajstić information content (AvgIpc) is 2.29. The van der Waals surface area contributed by atoms with E-state index in [9.17, 15) is 4.39 Å². The van der Waals surface area contributed by atoms with Crippen molar-refractivity contribution in [2.24, 2.45) is 0 Å². The minimum atomic E-state index is -0.206. The fourth-order valence-electron chi connectivity index (χ4n) is 2.09. The molecular formula is C12H16FNO. The minimum Gasteiger partial charge on any atom is -0.497 e. The number of rotatable bonds is 2. The van der Waals surface area contributed by atoms with Crippen LogP contribution in [-0.4, -0.2) is 20.2 Å². The minimum absolute atomic E-state index is 0.206. The van der Waals surface area contributed by atoms with E-state index in [2.05, 4.69) is 5.32 Å². The van der Waals surface area contributed by atoms with Crippen LogP contribution in [-0.2, 0) is 0 Å². The lowest BCUT2D eigenvalue weighted by atomic mass is 9.90. The summed E-state index contributed by atoms with van der Waals surface area (Å²) >= 11 is 0. The zero-order valence-electron chi connectivity index (χ0n) is 8.92. The Balaban J connectivity index is 2.22. The fraction of sp³-hybridized carbons (Fsp3) is 0.500. The zero-order valence-corrected chi connectivity index (χ0v) is 8.92. The Labute approximate surface area is 89.4 Å². The molecule has 2 rings (SSSR count). The number of hydrogen-bond acceptors (Lipinski definition) is 2. The van der Waals surface area contributed by atoms with Crippen LogP contribution in [0.15, 0.2) is 18.2 Å². The van der Waals surface area contributed by atoms with E-state index in [-0.39, 0.29) is 5.82 Å². The van der Waals surface area contributed by atoms with Gasteiger partial charge >= 0.3 is 0 Å². The van der Waals surface area contributed by atoms with E-state index < -0.39 is 0 Å². The molecular weight excluding hydrogens is 193 g/mol. The van der Waals surface area contributed by atoms with Gasteiger partial charge in [0, 0.05) is 6.07 Å². The third-order valence-electron chi connectivity index (χ3n) is 2.94. The summed E-state index contributed by atoms with van der Waals surface area (Å²) < 4.78 is 18.3. The maximum Gasteiger partial charge on any atom is 0.127 e. The summed E-state index contributed by atoms with van der Waals surface area (Å²) in [6.45, 7) is 2.03. The number of nitrogens with one attached hydrogen (secondary N) is 1. The van der Waals surface area contributed by atoms with Crippen molar-refractivity contribution in [2.45, 2.75) is 18.8 Å². The van der Waals surface area contributed by atoms with Gasteiger partial charge in [-0.1, -0.05) is 0 Å². The first-order chi connectivity index (χ1) is 7.29. The Kier molecular flexibility index (Phi) is 3.21. The van der Waals surface area contributed by atoms with Crippen LogP contribution in [0.4, 0.5) is 4.39 Å². The summed E-state index contributed by atoms with van der Waals surface area (Å²) in [5, 5.41) is 3.30. The lowest BCUT2D eigenvalue weighted by Gasteiger charge is -2.23. The fourth-order valence-corrected chi connectivity index (χ4v) is 2.09. The molecule has 0 aromatic heterocycles. The second-order valence-electron chi connectivity index (χ2n) is 3.95. The Hall–Kier alpha value is -1.09. The van der Waals surface area contributed by atoms with Crippen LogP contribution in [0.25, 0.3) is 0 Å². The van der Waals surface area contributed by atoms with Gasteiger partial charge < -0.3 is 10.1 Å². The maximum atomic E-state index is 13.3. The van der Waals surface area contributed by atoms with E-state index in [1.807, 2.05) is 6.07 Å². The van der Waals surface area contributed by atoms with Gasteiger partial charge in [-0.3, -0.25) is 0 Å². The van der Waals surface area contributed by atoms with E-state index >= 15 is 0 Å². The van der Waals surface area contributed by atoms with Gasteiger partial charge in [-0.25, -0.2) is 4.39 Å². The topological polar surface area (TPSA) is 21.3 Å². The Bertz CT molecular complexity index is 334. The first-order valence-corrected chi connectivity index (χ1v) is 5.35. The molecule has 1 saturated heterocycles. The van der Waals surface area contributed by atoms with Gasteiger partial charge in [0.25, 0.3) is 0 Å². The summed E-state index contributed by atoms with van der Waals surface area (Å²) in [6.07, 6.45) is 2.15. The quantitative estimate of drug-likeness (QED) is 0.807. The summed E-state index contributed by atoms with van der Waals surface area (Å²) in [4.78, 5) is 0. The predicted octanol–water partition coefficient (Wildman–Crippen LogP) is 2.30. The number of ether oxygens (including phenoxy) is 1. The van der Waals surface area contributed by atoms with Gasteiger partial charge in [-0.15, -0.1) is 0 Å². The number of piperidine rings is 1. The first kappa shape index (κ1) is 10.4. The van der Waals surface area contributed by atoms with E-state index in [0.717, 1.165) is 31.5 Å². The molecule has 2 nitrogen and oxygen atoms in total. The molecule has 1 aromatic rings. The molecule has 15 heavy (non-hydrogen) atoms. The lowest BCUT2D eigenvalue weighted by Crippen LogP contribution is -2.26. The zero-order chi connectivity index (χ0) is 10.7. The van der Waals surface area contributed by atoms with Crippen LogP contribution in [0.3, 0.4) is 0 Å². The number of halogens is 1. The molecule has 0 unspecified atom stereocenters. The maximum absolute atomic E-state index is 13.3. The molecule has 82 valence electrons. The van der Waals surface area contributed by atoms with Gasteiger partial charge in [0.2, 0.25) is 0 Å². The standard InChI is InChI=1S/C12H16FNO/c1-15-12-7-10(6-11(13)8-12)9-2-4-14-5-3-9/h6-9,14H,2-5H2,1H3. The predicted molar refractivity (Wildman–Crippen MR) is 57.8 cm³/mol. The van der Waals surface area contributed by atoms with Gasteiger partial charge in [0.15, 0.2) is 0 Å². The highest BCUT2D eigenvalue weighted by Crippen LogP contribution is 2.28. The Morgan fingerprint density at radius 2 is 2.00 bits per heavy atom. The third kappa shape index (κ3) is 2.48. The second-order valence-corrected chi connectivity index (χ2v) is 3.95. The van der Waals surface area contributed by atoms with Gasteiger partial charge in [-0.2, -0.15) is 0 Å². The Morgan fingerprint density at radius 3 is 2.67 bits per heavy atom. The van der Waals surface area contributed by atoms with Crippen LogP contribution in [0.2, 0.25) is 0 Å². The van der Waals surface area contributed by atoms with Crippen molar-refractivity contribution in [3.63, 3.8) is 0 Å². The van der Waals surface area contributed by atoms with Crippen molar-refractivity contribution >= 4 is 0 Å². The molecule has 0 bridgehead atoms. The molecule has 1 aliphatic heterocycles.